The van der Waals surface area contributed by atoms with Crippen molar-refractivity contribution < 1.29 is 14.6 Å². The average Bonchev–Trinajstić information content (AvgIpc) is 2.85. The molecule has 0 saturated carbocycles. The lowest BCUT2D eigenvalue weighted by Crippen LogP contribution is -2.50. The van der Waals surface area contributed by atoms with Crippen LogP contribution < -0.4 is 21.7 Å². The number of carboxylic acid groups (broad SMARTS) is 1. The summed E-state index contributed by atoms with van der Waals surface area (Å²) in [6, 6.07) is 15.0. The highest BCUT2D eigenvalue weighted by molar-refractivity contribution is 6.30. The van der Waals surface area contributed by atoms with Gasteiger partial charge < -0.3 is 9.84 Å². The largest absolute Gasteiger partial charge is 0.481 e. The zero-order valence-electron chi connectivity index (χ0n) is 19.4. The van der Waals surface area contributed by atoms with Crippen molar-refractivity contribution in [3.63, 3.8) is 0 Å². The molecule has 2 aromatic carbocycles. The number of rotatable bonds is 8. The first-order chi connectivity index (χ1) is 17.7. The molecule has 2 aromatic heterocycles. The standard InChI is InChI=1S/C24H20Cl2N6O5/c1-14-12-17(6-7-18(14)37-20-9-8-19(26)29-30-20)27-22-28-23(35)31(11-10-21(33)34)24(36)32(22)13-15-2-4-16(25)5-3-15/h2-9,12H,10-11,13H2,1H3,(H,33,34)(H,27,28,35). The number of aromatic amines is 1. The smallest absolute Gasteiger partial charge is 0.335 e. The van der Waals surface area contributed by atoms with E-state index < -0.39 is 17.3 Å². The summed E-state index contributed by atoms with van der Waals surface area (Å²) < 4.78 is 7.82. The number of nitrogens with zero attached hydrogens (tertiary/aromatic N) is 5. The normalized spacial score (nSPS) is 11.5. The second-order valence-corrected chi connectivity index (χ2v) is 8.73. The van der Waals surface area contributed by atoms with Crippen molar-refractivity contribution in [2.75, 3.05) is 0 Å². The molecule has 0 fully saturated rings. The van der Waals surface area contributed by atoms with Crippen molar-refractivity contribution in [3.8, 4) is 11.6 Å². The fourth-order valence-electron chi connectivity index (χ4n) is 3.37. The van der Waals surface area contributed by atoms with Crippen LogP contribution in [0.3, 0.4) is 0 Å². The van der Waals surface area contributed by atoms with Gasteiger partial charge in [-0.2, -0.15) is 0 Å². The molecule has 2 heterocycles. The molecule has 0 saturated heterocycles. The maximum absolute atomic E-state index is 13.2. The first kappa shape index (κ1) is 25.9. The third kappa shape index (κ3) is 6.51. The second kappa shape index (κ2) is 11.2. The minimum absolute atomic E-state index is 0.00633. The summed E-state index contributed by atoms with van der Waals surface area (Å²) in [5.41, 5.74) is 0.401. The molecule has 0 aliphatic rings. The molecule has 0 unspecified atom stereocenters. The SMILES string of the molecule is Cc1cc(/N=c2\[nH]c(=O)n(CCC(=O)O)c(=O)n2Cc2ccc(Cl)cc2)ccc1Oc1ccc(Cl)nn1. The van der Waals surface area contributed by atoms with Crippen molar-refractivity contribution in [1.29, 1.82) is 0 Å². The second-order valence-electron chi connectivity index (χ2n) is 7.90. The highest BCUT2D eigenvalue weighted by Crippen LogP contribution is 2.27. The van der Waals surface area contributed by atoms with E-state index >= 15 is 0 Å². The predicted octanol–water partition coefficient (Wildman–Crippen LogP) is 3.29. The van der Waals surface area contributed by atoms with Gasteiger partial charge >= 0.3 is 17.3 Å². The quantitative estimate of drug-likeness (QED) is 0.347. The highest BCUT2D eigenvalue weighted by Gasteiger charge is 2.12. The molecule has 0 bridgehead atoms. The lowest BCUT2D eigenvalue weighted by atomic mass is 10.2. The van der Waals surface area contributed by atoms with Gasteiger partial charge in [0, 0.05) is 17.6 Å². The summed E-state index contributed by atoms with van der Waals surface area (Å²) in [5.74, 6) is -0.374. The summed E-state index contributed by atoms with van der Waals surface area (Å²) in [4.78, 5) is 43.9. The van der Waals surface area contributed by atoms with Crippen LogP contribution in [0, 0.1) is 6.92 Å². The first-order valence-corrected chi connectivity index (χ1v) is 11.7. The van der Waals surface area contributed by atoms with Gasteiger partial charge in [0.05, 0.1) is 18.7 Å². The number of hydrogen-bond donors (Lipinski definition) is 2. The zero-order chi connectivity index (χ0) is 26.5. The Morgan fingerprint density at radius 1 is 1.05 bits per heavy atom. The number of hydrogen-bond acceptors (Lipinski definition) is 7. The fraction of sp³-hybridized carbons (Fsp3) is 0.167. The van der Waals surface area contributed by atoms with Crippen LogP contribution in [-0.4, -0.2) is 35.4 Å². The van der Waals surface area contributed by atoms with E-state index in [1.54, 1.807) is 61.5 Å². The molecule has 0 aliphatic heterocycles. The van der Waals surface area contributed by atoms with Crippen molar-refractivity contribution in [2.24, 2.45) is 4.99 Å². The molecule has 4 rings (SSSR count). The van der Waals surface area contributed by atoms with Gasteiger partial charge in [-0.05, 0) is 54.4 Å². The number of carbonyl (C=O) groups is 1. The number of ether oxygens (including phenoxy) is 1. The number of aryl methyl sites for hydroxylation is 1. The molecule has 13 heteroatoms. The van der Waals surface area contributed by atoms with Gasteiger partial charge in [-0.3, -0.25) is 14.3 Å². The predicted molar refractivity (Wildman–Crippen MR) is 136 cm³/mol. The van der Waals surface area contributed by atoms with E-state index in [0.29, 0.717) is 22.0 Å². The molecule has 190 valence electrons. The van der Waals surface area contributed by atoms with Crippen LogP contribution >= 0.6 is 23.2 Å². The van der Waals surface area contributed by atoms with Gasteiger partial charge in [0.1, 0.15) is 5.75 Å². The van der Waals surface area contributed by atoms with Crippen LogP contribution in [0.1, 0.15) is 17.5 Å². The molecule has 11 nitrogen and oxygen atoms in total. The monoisotopic (exact) mass is 542 g/mol. The Hall–Kier alpha value is -4.22. The number of carboxylic acids is 1. The van der Waals surface area contributed by atoms with E-state index in [-0.39, 0.29) is 36.2 Å². The van der Waals surface area contributed by atoms with Crippen molar-refractivity contribution >= 4 is 34.9 Å². The van der Waals surface area contributed by atoms with Gasteiger partial charge in [-0.15, -0.1) is 10.2 Å². The van der Waals surface area contributed by atoms with Gasteiger partial charge in [-0.25, -0.2) is 19.1 Å². The van der Waals surface area contributed by atoms with Gasteiger partial charge in [0.2, 0.25) is 11.5 Å². The zero-order valence-corrected chi connectivity index (χ0v) is 20.9. The van der Waals surface area contributed by atoms with E-state index in [9.17, 15) is 14.4 Å². The van der Waals surface area contributed by atoms with E-state index in [1.165, 1.54) is 4.57 Å². The van der Waals surface area contributed by atoms with Crippen LogP contribution in [0.25, 0.3) is 0 Å². The first-order valence-electron chi connectivity index (χ1n) is 10.9. The molecular weight excluding hydrogens is 523 g/mol. The molecule has 37 heavy (non-hydrogen) atoms. The Bertz CT molecular complexity index is 1630. The van der Waals surface area contributed by atoms with Gasteiger partial charge in [0.25, 0.3) is 0 Å². The van der Waals surface area contributed by atoms with Crippen molar-refractivity contribution in [1.82, 2.24) is 24.3 Å². The summed E-state index contributed by atoms with van der Waals surface area (Å²) in [6.07, 6.45) is -0.390. The van der Waals surface area contributed by atoms with Gasteiger partial charge in [0.15, 0.2) is 5.15 Å². The summed E-state index contributed by atoms with van der Waals surface area (Å²) in [7, 11) is 0. The summed E-state index contributed by atoms with van der Waals surface area (Å²) in [5, 5.41) is 17.4. The van der Waals surface area contributed by atoms with Crippen LogP contribution in [0.5, 0.6) is 11.6 Å². The number of halogens is 2. The third-order valence-electron chi connectivity index (χ3n) is 5.20. The maximum Gasteiger partial charge on any atom is 0.335 e. The third-order valence-corrected chi connectivity index (χ3v) is 5.65. The average molecular weight is 543 g/mol. The highest BCUT2D eigenvalue weighted by atomic mass is 35.5. The van der Waals surface area contributed by atoms with Crippen molar-refractivity contribution in [3.05, 3.63) is 102 Å². The lowest BCUT2D eigenvalue weighted by Gasteiger charge is -2.11. The van der Waals surface area contributed by atoms with Crippen LogP contribution in [0.2, 0.25) is 10.2 Å². The number of aliphatic carboxylic acids is 1. The minimum Gasteiger partial charge on any atom is -0.481 e. The number of benzene rings is 2. The van der Waals surface area contributed by atoms with Crippen LogP contribution in [0.15, 0.2) is 69.2 Å². The Labute approximate surface area is 219 Å². The summed E-state index contributed by atoms with van der Waals surface area (Å²) in [6.45, 7) is 1.57. The van der Waals surface area contributed by atoms with Crippen molar-refractivity contribution in [2.45, 2.75) is 26.4 Å². The molecule has 0 atom stereocenters. The molecular formula is C24H20Cl2N6O5. The molecule has 0 spiro atoms. The Morgan fingerprint density at radius 3 is 2.46 bits per heavy atom. The lowest BCUT2D eigenvalue weighted by molar-refractivity contribution is -0.137. The van der Waals surface area contributed by atoms with Crippen LogP contribution in [0.4, 0.5) is 5.69 Å². The van der Waals surface area contributed by atoms with E-state index in [1.807, 2.05) is 0 Å². The summed E-state index contributed by atoms with van der Waals surface area (Å²) >= 11 is 11.7. The molecule has 4 aromatic rings. The Balaban J connectivity index is 1.75. The number of aromatic nitrogens is 5. The maximum atomic E-state index is 13.2. The molecule has 0 aliphatic carbocycles. The Kier molecular flexibility index (Phi) is 7.85. The molecule has 0 radical (unpaired) electrons. The van der Waals surface area contributed by atoms with E-state index in [2.05, 4.69) is 20.2 Å². The van der Waals surface area contributed by atoms with E-state index in [0.717, 1.165) is 10.1 Å². The van der Waals surface area contributed by atoms with E-state index in [4.69, 9.17) is 33.0 Å². The fourth-order valence-corrected chi connectivity index (χ4v) is 3.60. The Morgan fingerprint density at radius 2 is 1.81 bits per heavy atom. The number of H-pyrrole nitrogens is 1. The molecule has 2 N–H and O–H groups in total. The topological polar surface area (TPSA) is 144 Å². The molecule has 0 amide bonds. The number of nitrogens with one attached hydrogen (secondary N) is 1. The van der Waals surface area contributed by atoms with Gasteiger partial charge in [-0.1, -0.05) is 35.3 Å². The minimum atomic E-state index is -1.13. The van der Waals surface area contributed by atoms with Crippen LogP contribution in [-0.2, 0) is 17.9 Å².